The molecule has 2 rings (SSSR count). The van der Waals surface area contributed by atoms with Crippen LogP contribution in [0.5, 0.6) is 0 Å². The van der Waals surface area contributed by atoms with Crippen LogP contribution in [0.15, 0.2) is 53.4 Å². The number of sulfonamides is 1. The molecule has 0 unspecified atom stereocenters. The number of anilines is 2. The molecular weight excluding hydrogens is 437 g/mol. The zero-order valence-electron chi connectivity index (χ0n) is 16.7. The van der Waals surface area contributed by atoms with E-state index in [9.17, 15) is 31.2 Å². The van der Waals surface area contributed by atoms with Crippen LogP contribution in [-0.4, -0.2) is 57.9 Å². The molecule has 31 heavy (non-hydrogen) atoms. The van der Waals surface area contributed by atoms with Crippen LogP contribution >= 0.6 is 0 Å². The summed E-state index contributed by atoms with van der Waals surface area (Å²) < 4.78 is 62.4. The van der Waals surface area contributed by atoms with Crippen LogP contribution in [0.1, 0.15) is 10.4 Å². The lowest BCUT2D eigenvalue weighted by molar-refractivity contribution is -0.123. The first-order valence-corrected chi connectivity index (χ1v) is 10.3. The molecule has 2 amide bonds. The number of halogens is 3. The van der Waals surface area contributed by atoms with Crippen LogP contribution in [0.25, 0.3) is 0 Å². The molecular formula is C19H21F3N4O4S. The second kappa shape index (κ2) is 9.79. The lowest BCUT2D eigenvalue weighted by Crippen LogP contribution is -2.34. The van der Waals surface area contributed by atoms with Crippen molar-refractivity contribution in [2.75, 3.05) is 37.8 Å². The molecule has 0 aliphatic heterocycles. The monoisotopic (exact) mass is 458 g/mol. The minimum atomic E-state index is -4.55. The lowest BCUT2D eigenvalue weighted by atomic mass is 10.1. The molecule has 0 aliphatic rings. The molecule has 0 heterocycles. The molecule has 0 aliphatic carbocycles. The second-order valence-electron chi connectivity index (χ2n) is 6.56. The summed E-state index contributed by atoms with van der Waals surface area (Å²) in [6, 6.07) is 11.5. The summed E-state index contributed by atoms with van der Waals surface area (Å²) in [6.07, 6.45) is -4.55. The van der Waals surface area contributed by atoms with Gasteiger partial charge in [0.1, 0.15) is 6.54 Å². The normalized spacial score (nSPS) is 11.8. The summed E-state index contributed by atoms with van der Waals surface area (Å²) in [4.78, 5) is 24.3. The number of hydrogen-bond acceptors (Lipinski definition) is 5. The lowest BCUT2D eigenvalue weighted by Gasteiger charge is -2.14. The minimum Gasteiger partial charge on any atom is -0.376 e. The molecule has 0 saturated carbocycles. The van der Waals surface area contributed by atoms with Crippen molar-refractivity contribution in [2.45, 2.75) is 11.1 Å². The fourth-order valence-electron chi connectivity index (χ4n) is 2.44. The zero-order chi connectivity index (χ0) is 23.2. The number of nitrogens with zero attached hydrogens (tertiary/aromatic N) is 1. The molecule has 3 N–H and O–H groups in total. The van der Waals surface area contributed by atoms with Crippen molar-refractivity contribution in [2.24, 2.45) is 0 Å². The summed E-state index contributed by atoms with van der Waals surface area (Å²) >= 11 is 0. The number of alkyl halides is 3. The molecule has 2 aromatic carbocycles. The number of para-hydroxylation sites is 1. The Labute approximate surface area is 177 Å². The van der Waals surface area contributed by atoms with Gasteiger partial charge in [0.15, 0.2) is 0 Å². The van der Waals surface area contributed by atoms with Gasteiger partial charge in [-0.1, -0.05) is 18.2 Å². The van der Waals surface area contributed by atoms with Crippen LogP contribution in [0.2, 0.25) is 0 Å². The van der Waals surface area contributed by atoms with Gasteiger partial charge in [0.05, 0.1) is 17.0 Å². The Morgan fingerprint density at radius 2 is 1.71 bits per heavy atom. The molecule has 0 fully saturated rings. The van der Waals surface area contributed by atoms with Gasteiger partial charge in [-0.05, 0) is 30.3 Å². The zero-order valence-corrected chi connectivity index (χ0v) is 17.5. The minimum absolute atomic E-state index is 0.00468. The van der Waals surface area contributed by atoms with Crippen LogP contribution in [0, 0.1) is 0 Å². The van der Waals surface area contributed by atoms with Gasteiger partial charge in [-0.15, -0.1) is 0 Å². The third kappa shape index (κ3) is 6.96. The molecule has 2 aromatic rings. The van der Waals surface area contributed by atoms with Crippen LogP contribution in [-0.2, 0) is 14.8 Å². The molecule has 8 nitrogen and oxygen atoms in total. The van der Waals surface area contributed by atoms with E-state index in [4.69, 9.17) is 0 Å². The fraction of sp³-hybridized carbons (Fsp3) is 0.263. The van der Waals surface area contributed by atoms with E-state index in [1.54, 1.807) is 11.4 Å². The maximum atomic E-state index is 12.3. The summed E-state index contributed by atoms with van der Waals surface area (Å²) in [7, 11) is -0.916. The largest absolute Gasteiger partial charge is 0.405 e. The van der Waals surface area contributed by atoms with Crippen LogP contribution in [0.3, 0.4) is 0 Å². The highest BCUT2D eigenvalue weighted by Crippen LogP contribution is 2.19. The van der Waals surface area contributed by atoms with Gasteiger partial charge >= 0.3 is 6.18 Å². The quantitative estimate of drug-likeness (QED) is 0.563. The van der Waals surface area contributed by atoms with Gasteiger partial charge in [-0.25, -0.2) is 12.7 Å². The summed E-state index contributed by atoms with van der Waals surface area (Å²) in [5, 5.41) is 6.99. The van der Waals surface area contributed by atoms with Crippen molar-refractivity contribution in [3.63, 3.8) is 0 Å². The van der Waals surface area contributed by atoms with Gasteiger partial charge in [-0.2, -0.15) is 13.2 Å². The maximum absolute atomic E-state index is 12.3. The van der Waals surface area contributed by atoms with Gasteiger partial charge in [0.2, 0.25) is 15.9 Å². The Kier molecular flexibility index (Phi) is 7.63. The number of carbonyl (C=O) groups is 2. The Hall–Kier alpha value is -3.12. The van der Waals surface area contributed by atoms with Gasteiger partial charge in [0.25, 0.3) is 5.91 Å². The van der Waals surface area contributed by atoms with E-state index < -0.39 is 34.6 Å². The first kappa shape index (κ1) is 24.2. The summed E-state index contributed by atoms with van der Waals surface area (Å²) in [6.45, 7) is -1.79. The third-order valence-electron chi connectivity index (χ3n) is 3.96. The highest BCUT2D eigenvalue weighted by atomic mass is 32.2. The van der Waals surface area contributed by atoms with Gasteiger partial charge in [0, 0.05) is 25.5 Å². The van der Waals surface area contributed by atoms with E-state index in [1.807, 2.05) is 0 Å². The van der Waals surface area contributed by atoms with E-state index >= 15 is 0 Å². The van der Waals surface area contributed by atoms with Crippen LogP contribution in [0.4, 0.5) is 24.5 Å². The number of hydrogen-bond donors (Lipinski definition) is 3. The van der Waals surface area contributed by atoms with Gasteiger partial charge in [-0.3, -0.25) is 9.59 Å². The Balaban J connectivity index is 2.04. The van der Waals surface area contributed by atoms with Crippen molar-refractivity contribution in [1.29, 1.82) is 0 Å². The van der Waals surface area contributed by atoms with E-state index in [0.717, 1.165) is 4.31 Å². The van der Waals surface area contributed by atoms with E-state index in [2.05, 4.69) is 10.6 Å². The molecule has 0 radical (unpaired) electrons. The average Bonchev–Trinajstić information content (AvgIpc) is 2.70. The predicted molar refractivity (Wildman–Crippen MR) is 109 cm³/mol. The van der Waals surface area contributed by atoms with Crippen molar-refractivity contribution < 1.29 is 31.2 Å². The molecule has 0 saturated heterocycles. The number of carbonyl (C=O) groups excluding carboxylic acids is 2. The number of benzene rings is 2. The second-order valence-corrected chi connectivity index (χ2v) is 8.71. The number of rotatable bonds is 8. The number of amides is 2. The Morgan fingerprint density at radius 1 is 1.03 bits per heavy atom. The molecule has 168 valence electrons. The topological polar surface area (TPSA) is 108 Å². The highest BCUT2D eigenvalue weighted by Gasteiger charge is 2.28. The molecule has 0 spiro atoms. The molecule has 12 heteroatoms. The summed E-state index contributed by atoms with van der Waals surface area (Å²) in [5.41, 5.74) is 0.353. The van der Waals surface area contributed by atoms with E-state index in [0.29, 0.717) is 0 Å². The third-order valence-corrected chi connectivity index (χ3v) is 5.77. The van der Waals surface area contributed by atoms with E-state index in [-0.39, 0.29) is 28.4 Å². The first-order valence-electron chi connectivity index (χ1n) is 8.90. The van der Waals surface area contributed by atoms with Crippen molar-refractivity contribution in [3.8, 4) is 0 Å². The smallest absolute Gasteiger partial charge is 0.376 e. The standard InChI is InChI=1S/C19H21F3N4O4S/c1-26(2)31(29,30)14-7-5-6-13(10-14)25-17(27)11-23-16-9-4-3-8-15(16)18(28)24-12-19(20,21)22/h3-10,23H,11-12H2,1-2H3,(H,24,28)(H,25,27). The van der Waals surface area contributed by atoms with E-state index in [1.165, 1.54) is 56.6 Å². The first-order chi connectivity index (χ1) is 14.4. The highest BCUT2D eigenvalue weighted by molar-refractivity contribution is 7.89. The molecule has 0 bridgehead atoms. The Bertz CT molecular complexity index is 1060. The average molecular weight is 458 g/mol. The van der Waals surface area contributed by atoms with Crippen molar-refractivity contribution in [3.05, 3.63) is 54.1 Å². The van der Waals surface area contributed by atoms with Crippen molar-refractivity contribution >= 4 is 33.2 Å². The summed E-state index contributed by atoms with van der Waals surface area (Å²) in [5.74, 6) is -1.49. The molecule has 0 atom stereocenters. The van der Waals surface area contributed by atoms with Crippen LogP contribution < -0.4 is 16.0 Å². The maximum Gasteiger partial charge on any atom is 0.405 e. The SMILES string of the molecule is CN(C)S(=O)(=O)c1cccc(NC(=O)CNc2ccccc2C(=O)NCC(F)(F)F)c1. The van der Waals surface area contributed by atoms with Gasteiger partial charge < -0.3 is 16.0 Å². The van der Waals surface area contributed by atoms with Crippen molar-refractivity contribution in [1.82, 2.24) is 9.62 Å². The molecule has 0 aromatic heterocycles. The predicted octanol–water partition coefficient (Wildman–Crippen LogP) is 2.28. The fourth-order valence-corrected chi connectivity index (χ4v) is 3.38. The Morgan fingerprint density at radius 3 is 2.35 bits per heavy atom. The number of nitrogens with one attached hydrogen (secondary N) is 3.